The Balaban J connectivity index is 1.34. The first-order chi connectivity index (χ1) is 11.2. The van der Waals surface area contributed by atoms with Crippen LogP contribution in [0, 0.1) is 0 Å². The zero-order valence-electron chi connectivity index (χ0n) is 14.2. The molecule has 130 valence electrons. The summed E-state index contributed by atoms with van der Waals surface area (Å²) in [5.41, 5.74) is -0.766. The second-order valence-corrected chi connectivity index (χ2v) is 78.5. The molecule has 2 aliphatic carbocycles. The van der Waals surface area contributed by atoms with E-state index in [4.69, 9.17) is 0 Å². The van der Waals surface area contributed by atoms with Crippen LogP contribution in [-0.2, 0) is 0 Å². The summed E-state index contributed by atoms with van der Waals surface area (Å²) in [5.74, 6) is 0. The molecule has 2 saturated heterocycles. The first kappa shape index (κ1) is 18.3. The summed E-state index contributed by atoms with van der Waals surface area (Å²) in [5, 5.41) is 0. The molecule has 0 unspecified atom stereocenters. The number of hydrogen-bond donors (Lipinski definition) is 0. The van der Waals surface area contributed by atoms with Crippen LogP contribution in [-0.4, -0.2) is 100 Å². The molecule has 1 spiro atoms. The topological polar surface area (TPSA) is 6.02 Å². The van der Waals surface area contributed by atoms with Gasteiger partial charge in [0.15, 0.2) is 0 Å². The zero-order valence-corrected chi connectivity index (χ0v) is 22.7. The fourth-order valence-electron chi connectivity index (χ4n) is 3.90. The van der Waals surface area contributed by atoms with Gasteiger partial charge >= 0.3 is 165 Å². The van der Waals surface area contributed by atoms with Crippen LogP contribution in [0.5, 0.6) is 0 Å². The van der Waals surface area contributed by atoms with E-state index in [0.717, 1.165) is 64.6 Å². The van der Waals surface area contributed by atoms with Gasteiger partial charge in [-0.3, -0.25) is 0 Å². The summed E-state index contributed by atoms with van der Waals surface area (Å²) in [6.45, 7) is 0. The molecule has 0 aromatic heterocycles. The van der Waals surface area contributed by atoms with Crippen molar-refractivity contribution in [3.63, 3.8) is 0 Å². The Morgan fingerprint density at radius 1 is 0.652 bits per heavy atom. The van der Waals surface area contributed by atoms with Crippen LogP contribution in [0.2, 0.25) is 0 Å². The minimum atomic E-state index is -0.766. The van der Waals surface area contributed by atoms with Crippen LogP contribution in [0.1, 0.15) is 64.2 Å². The van der Waals surface area contributed by atoms with E-state index < -0.39 is 5.54 Å². The van der Waals surface area contributed by atoms with E-state index in [0.29, 0.717) is 0 Å². The van der Waals surface area contributed by atoms with Crippen molar-refractivity contribution in [3.05, 3.63) is 0 Å². The van der Waals surface area contributed by atoms with Crippen molar-refractivity contribution in [1.29, 1.82) is 0 Å². The molecule has 0 radical (unpaired) electrons. The van der Waals surface area contributed by atoms with Crippen molar-refractivity contribution in [1.82, 2.24) is 0 Å². The Kier molecular flexibility index (Phi) is 6.29. The van der Waals surface area contributed by atoms with Crippen molar-refractivity contribution in [2.75, 3.05) is 14.1 Å². The molecular formula is C16H28N2Se5+2. The summed E-state index contributed by atoms with van der Waals surface area (Å²) < 4.78 is 9.60. The third kappa shape index (κ3) is 3.96. The normalized spacial score (nSPS) is 35.4. The van der Waals surface area contributed by atoms with Crippen molar-refractivity contribution >= 4 is 65.1 Å². The molecule has 23 heavy (non-hydrogen) atoms. The standard InChI is InChI=1S/C16H28N2Se5/c1-17(13-9-5-3-6-10-13)15-19-23(20-15)21-16(22-23)18(2)14-11-7-4-8-12-14/h13-14H,3-12H2,1-2H3/q+2. The van der Waals surface area contributed by atoms with Gasteiger partial charge in [-0.2, -0.15) is 0 Å². The molecule has 0 atom stereocenters. The molecule has 0 N–H and O–H groups in total. The van der Waals surface area contributed by atoms with Gasteiger partial charge in [0.05, 0.1) is 0 Å². The van der Waals surface area contributed by atoms with E-state index in [1.165, 1.54) is 64.2 Å². The molecule has 2 nitrogen and oxygen atoms in total. The van der Waals surface area contributed by atoms with E-state index in [9.17, 15) is 0 Å². The second kappa shape index (κ2) is 7.90. The summed E-state index contributed by atoms with van der Waals surface area (Å²) in [6.07, 6.45) is 14.9. The average molecular weight is 643 g/mol. The quantitative estimate of drug-likeness (QED) is 0.313. The molecule has 0 amide bonds. The van der Waals surface area contributed by atoms with Crippen LogP contribution < -0.4 is 0 Å². The molecule has 4 fully saturated rings. The molecule has 2 saturated carbocycles. The van der Waals surface area contributed by atoms with Crippen LogP contribution in [0.4, 0.5) is 0 Å². The molecule has 4 rings (SSSR count). The fraction of sp³-hybridized carbons (Fsp3) is 0.875. The predicted octanol–water partition coefficient (Wildman–Crippen LogP) is 0.928. The van der Waals surface area contributed by atoms with Gasteiger partial charge in [-0.05, 0) is 0 Å². The van der Waals surface area contributed by atoms with Crippen molar-refractivity contribution in [3.8, 4) is 0 Å². The number of nitrogens with zero attached hydrogens (tertiary/aromatic N) is 2. The summed E-state index contributed by atoms with van der Waals surface area (Å²) >= 11 is 4.11. The Morgan fingerprint density at radius 3 is 1.35 bits per heavy atom. The molecule has 2 heterocycles. The second-order valence-electron chi connectivity index (χ2n) is 7.08. The first-order valence-corrected chi connectivity index (χ1v) is 29.7. The minimum absolute atomic E-state index is 0.766. The Hall–Kier alpha value is 1.94. The zero-order chi connectivity index (χ0) is 15.9. The van der Waals surface area contributed by atoms with Crippen molar-refractivity contribution < 1.29 is 9.15 Å². The molecule has 7 heteroatoms. The SMILES string of the molecule is C[N+](=C1[Se][Se]2([Se]1)[Se]C(=[N+](C)C1CCCCC1)[Se]2)C1CCCCC1. The molecule has 0 bridgehead atoms. The van der Waals surface area contributed by atoms with Crippen molar-refractivity contribution in [2.45, 2.75) is 76.3 Å². The van der Waals surface area contributed by atoms with Gasteiger partial charge in [-0.15, -0.1) is 0 Å². The van der Waals surface area contributed by atoms with Gasteiger partial charge in [0.2, 0.25) is 0 Å². The van der Waals surface area contributed by atoms with E-state index in [1.807, 2.05) is 7.02 Å². The molecule has 2 aliphatic heterocycles. The van der Waals surface area contributed by atoms with Crippen molar-refractivity contribution in [2.24, 2.45) is 0 Å². The third-order valence-corrected chi connectivity index (χ3v) is 87.6. The van der Waals surface area contributed by atoms with Gasteiger partial charge in [-0.1, -0.05) is 0 Å². The van der Waals surface area contributed by atoms with Gasteiger partial charge < -0.3 is 0 Å². The molecule has 0 aromatic rings. The number of hydrogen-bond acceptors (Lipinski definition) is 0. The third-order valence-electron chi connectivity index (χ3n) is 5.51. The summed E-state index contributed by atoms with van der Waals surface area (Å²) in [7, 11) is 4.91. The van der Waals surface area contributed by atoms with Crippen LogP contribution >= 0.6 is 0 Å². The number of rotatable bonds is 2. The Bertz CT molecular complexity index is 465. The Morgan fingerprint density at radius 2 is 1.00 bits per heavy atom. The summed E-state index contributed by atoms with van der Waals surface area (Å²) in [4.78, 5) is 0. The summed E-state index contributed by atoms with van der Waals surface area (Å²) in [6, 6.07) is 1.87. The van der Waals surface area contributed by atoms with Gasteiger partial charge in [0.1, 0.15) is 0 Å². The van der Waals surface area contributed by atoms with E-state index in [-0.39, 0.29) is 0 Å². The fourth-order valence-corrected chi connectivity index (χ4v) is 137. The van der Waals surface area contributed by atoms with Crippen LogP contribution in [0.15, 0.2) is 0 Å². The molecule has 0 aromatic carbocycles. The monoisotopic (exact) mass is 648 g/mol. The van der Waals surface area contributed by atoms with Gasteiger partial charge in [0.25, 0.3) is 0 Å². The van der Waals surface area contributed by atoms with E-state index in [1.54, 1.807) is 0 Å². The van der Waals surface area contributed by atoms with Crippen LogP contribution in [0.25, 0.3) is 0 Å². The maximum absolute atomic E-state index is 2.80. The van der Waals surface area contributed by atoms with Crippen LogP contribution in [0.3, 0.4) is 0 Å². The van der Waals surface area contributed by atoms with E-state index in [2.05, 4.69) is 23.2 Å². The van der Waals surface area contributed by atoms with Gasteiger partial charge in [0, 0.05) is 0 Å². The maximum atomic E-state index is 2.80. The Labute approximate surface area is 163 Å². The van der Waals surface area contributed by atoms with E-state index >= 15 is 0 Å². The average Bonchev–Trinajstić information content (AvgIpc) is 2.53. The molecular weight excluding hydrogens is 615 g/mol. The molecule has 4 aliphatic rings. The predicted molar refractivity (Wildman–Crippen MR) is 105 cm³/mol. The van der Waals surface area contributed by atoms with Gasteiger partial charge in [-0.25, -0.2) is 0 Å². The first-order valence-electron chi connectivity index (χ1n) is 8.97.